The van der Waals surface area contributed by atoms with E-state index in [1.807, 2.05) is 6.92 Å². The van der Waals surface area contributed by atoms with Crippen LogP contribution in [0.3, 0.4) is 0 Å². The van der Waals surface area contributed by atoms with Crippen LogP contribution in [0.15, 0.2) is 11.2 Å². The zero-order valence-electron chi connectivity index (χ0n) is 9.74. The van der Waals surface area contributed by atoms with E-state index in [-0.39, 0.29) is 16.5 Å². The van der Waals surface area contributed by atoms with E-state index in [1.165, 1.54) is 0 Å². The topological polar surface area (TPSA) is 121 Å². The first kappa shape index (κ1) is 14.6. The number of thioether (sulfide) groups is 1. The highest BCUT2D eigenvalue weighted by molar-refractivity contribution is 7.99. The van der Waals surface area contributed by atoms with Crippen molar-refractivity contribution in [2.24, 2.45) is 0 Å². The monoisotopic (exact) mass is 274 g/mol. The first-order valence-electron chi connectivity index (χ1n) is 5.25. The molecule has 0 spiro atoms. The molecule has 0 aromatic carbocycles. The van der Waals surface area contributed by atoms with E-state index < -0.39 is 17.6 Å². The molecule has 0 fully saturated rings. The second-order valence-electron chi connectivity index (χ2n) is 3.32. The van der Waals surface area contributed by atoms with E-state index in [4.69, 9.17) is 5.11 Å². The molecule has 1 unspecified atom stereocenters. The average Bonchev–Trinajstić information content (AvgIpc) is 2.36. The molecule has 1 heterocycles. The summed E-state index contributed by atoms with van der Waals surface area (Å²) in [6.07, 6.45) is 0.186. The van der Waals surface area contributed by atoms with Gasteiger partial charge < -0.3 is 15.5 Å². The van der Waals surface area contributed by atoms with Gasteiger partial charge in [-0.1, -0.05) is 11.8 Å². The van der Waals surface area contributed by atoms with Crippen LogP contribution in [-0.2, 0) is 0 Å². The zero-order chi connectivity index (χ0) is 13.5. The molecule has 0 aliphatic heterocycles. The van der Waals surface area contributed by atoms with Crippen LogP contribution in [0.1, 0.15) is 6.92 Å². The maximum atomic E-state index is 10.8. The van der Waals surface area contributed by atoms with Crippen molar-refractivity contribution in [3.63, 3.8) is 0 Å². The van der Waals surface area contributed by atoms with Gasteiger partial charge in [-0.3, -0.25) is 10.1 Å². The molecule has 1 atom stereocenters. The fourth-order valence-electron chi connectivity index (χ4n) is 1.06. The van der Waals surface area contributed by atoms with Crippen molar-refractivity contribution in [1.29, 1.82) is 0 Å². The minimum Gasteiger partial charge on any atom is -0.394 e. The zero-order valence-corrected chi connectivity index (χ0v) is 10.6. The summed E-state index contributed by atoms with van der Waals surface area (Å²) in [5, 5.41) is 31.7. The number of nitro groups is 1. The Kier molecular flexibility index (Phi) is 5.75. The normalized spacial score (nSPS) is 12.2. The lowest BCUT2D eigenvalue weighted by Crippen LogP contribution is -2.15. The van der Waals surface area contributed by atoms with Crippen LogP contribution in [-0.4, -0.2) is 50.1 Å². The van der Waals surface area contributed by atoms with Gasteiger partial charge in [-0.25, -0.2) is 4.98 Å². The summed E-state index contributed by atoms with van der Waals surface area (Å²) in [5.74, 6) is 0.420. The van der Waals surface area contributed by atoms with Gasteiger partial charge in [0.2, 0.25) is 5.95 Å². The first-order valence-corrected chi connectivity index (χ1v) is 6.24. The third kappa shape index (κ3) is 4.09. The minimum absolute atomic E-state index is 0.125. The smallest absolute Gasteiger partial charge is 0.319 e. The predicted molar refractivity (Wildman–Crippen MR) is 66.7 cm³/mol. The molecule has 3 N–H and O–H groups in total. The van der Waals surface area contributed by atoms with Crippen molar-refractivity contribution in [2.75, 3.05) is 24.2 Å². The number of nitrogens with zero attached hydrogens (tertiary/aromatic N) is 3. The van der Waals surface area contributed by atoms with E-state index in [1.54, 1.807) is 0 Å². The molecule has 1 aromatic heterocycles. The van der Waals surface area contributed by atoms with Crippen molar-refractivity contribution in [2.45, 2.75) is 18.1 Å². The third-order valence-corrected chi connectivity index (χ3v) is 3.02. The molecule has 18 heavy (non-hydrogen) atoms. The lowest BCUT2D eigenvalue weighted by Gasteiger charge is -2.07. The van der Waals surface area contributed by atoms with Crippen molar-refractivity contribution >= 4 is 23.4 Å². The number of aromatic nitrogens is 2. The second-order valence-corrected chi connectivity index (χ2v) is 4.33. The van der Waals surface area contributed by atoms with E-state index >= 15 is 0 Å². The molecule has 0 bridgehead atoms. The Labute approximate surface area is 108 Å². The van der Waals surface area contributed by atoms with Crippen LogP contribution in [0.5, 0.6) is 0 Å². The summed E-state index contributed by atoms with van der Waals surface area (Å²) >= 11 is 1.01. The van der Waals surface area contributed by atoms with Crippen LogP contribution in [0.4, 0.5) is 11.6 Å². The molecule has 9 heteroatoms. The Bertz CT molecular complexity index is 418. The largest absolute Gasteiger partial charge is 0.394 e. The predicted octanol–water partition coefficient (Wildman–Crippen LogP) is 0.262. The Balaban J connectivity index is 2.89. The molecule has 0 saturated carbocycles. The van der Waals surface area contributed by atoms with Crippen LogP contribution in [0, 0.1) is 10.1 Å². The van der Waals surface area contributed by atoms with Gasteiger partial charge in [0.25, 0.3) is 0 Å². The molecule has 0 saturated heterocycles. The van der Waals surface area contributed by atoms with E-state index in [2.05, 4.69) is 15.3 Å². The SMILES string of the molecule is CCNc1ncc([N+](=O)[O-])c(SCC(O)CO)n1. The number of anilines is 1. The van der Waals surface area contributed by atoms with Crippen molar-refractivity contribution in [3.8, 4) is 0 Å². The van der Waals surface area contributed by atoms with Gasteiger partial charge >= 0.3 is 5.69 Å². The van der Waals surface area contributed by atoms with Crippen LogP contribution < -0.4 is 5.32 Å². The Hall–Kier alpha value is -1.45. The van der Waals surface area contributed by atoms with Crippen molar-refractivity contribution in [1.82, 2.24) is 9.97 Å². The number of aliphatic hydroxyl groups is 2. The Morgan fingerprint density at radius 1 is 1.67 bits per heavy atom. The van der Waals surface area contributed by atoms with Crippen molar-refractivity contribution in [3.05, 3.63) is 16.3 Å². The highest BCUT2D eigenvalue weighted by Crippen LogP contribution is 2.27. The summed E-state index contributed by atoms with van der Waals surface area (Å²) in [7, 11) is 0. The van der Waals surface area contributed by atoms with E-state index in [0.29, 0.717) is 12.5 Å². The quantitative estimate of drug-likeness (QED) is 0.280. The summed E-state index contributed by atoms with van der Waals surface area (Å²) < 4.78 is 0. The molecule has 0 amide bonds. The van der Waals surface area contributed by atoms with Crippen LogP contribution in [0.2, 0.25) is 0 Å². The molecule has 0 aliphatic rings. The highest BCUT2D eigenvalue weighted by atomic mass is 32.2. The molecule has 1 rings (SSSR count). The number of aliphatic hydroxyl groups excluding tert-OH is 2. The molecular weight excluding hydrogens is 260 g/mol. The minimum atomic E-state index is -0.938. The molecule has 8 nitrogen and oxygen atoms in total. The maximum absolute atomic E-state index is 10.8. The van der Waals surface area contributed by atoms with Gasteiger partial charge in [-0.15, -0.1) is 0 Å². The summed E-state index contributed by atoms with van der Waals surface area (Å²) in [6, 6.07) is 0. The maximum Gasteiger partial charge on any atom is 0.319 e. The summed E-state index contributed by atoms with van der Waals surface area (Å²) in [5.41, 5.74) is -0.216. The number of hydrogen-bond donors (Lipinski definition) is 3. The van der Waals surface area contributed by atoms with Crippen LogP contribution in [0.25, 0.3) is 0 Å². The standard InChI is InChI=1S/C9H14N4O4S/c1-2-10-9-11-3-7(13(16)17)8(12-9)18-5-6(15)4-14/h3,6,14-15H,2,4-5H2,1H3,(H,10,11,12). The van der Waals surface area contributed by atoms with Gasteiger partial charge in [0.1, 0.15) is 6.20 Å². The average molecular weight is 274 g/mol. The molecule has 0 radical (unpaired) electrons. The summed E-state index contributed by atoms with van der Waals surface area (Å²) in [4.78, 5) is 18.0. The highest BCUT2D eigenvalue weighted by Gasteiger charge is 2.18. The lowest BCUT2D eigenvalue weighted by atomic mass is 10.4. The molecular formula is C9H14N4O4S. The first-order chi connectivity index (χ1) is 8.58. The van der Waals surface area contributed by atoms with Gasteiger partial charge in [-0.2, -0.15) is 4.98 Å². The van der Waals surface area contributed by atoms with E-state index in [0.717, 1.165) is 18.0 Å². The van der Waals surface area contributed by atoms with Gasteiger partial charge in [-0.05, 0) is 6.92 Å². The van der Waals surface area contributed by atoms with E-state index in [9.17, 15) is 15.2 Å². The Morgan fingerprint density at radius 3 is 2.94 bits per heavy atom. The van der Waals surface area contributed by atoms with Crippen LogP contribution >= 0.6 is 11.8 Å². The molecule has 1 aromatic rings. The summed E-state index contributed by atoms with van der Waals surface area (Å²) in [6.45, 7) is 2.06. The second kappa shape index (κ2) is 7.09. The fraction of sp³-hybridized carbons (Fsp3) is 0.556. The number of nitrogens with one attached hydrogen (secondary N) is 1. The van der Waals surface area contributed by atoms with Gasteiger partial charge in [0, 0.05) is 12.3 Å². The fourth-order valence-corrected chi connectivity index (χ4v) is 1.94. The van der Waals surface area contributed by atoms with Gasteiger partial charge in [0.05, 0.1) is 17.6 Å². The number of hydrogen-bond acceptors (Lipinski definition) is 8. The molecule has 100 valence electrons. The number of rotatable bonds is 7. The lowest BCUT2D eigenvalue weighted by molar-refractivity contribution is -0.388. The van der Waals surface area contributed by atoms with Crippen molar-refractivity contribution < 1.29 is 15.1 Å². The third-order valence-electron chi connectivity index (χ3n) is 1.89. The Morgan fingerprint density at radius 2 is 2.39 bits per heavy atom. The van der Waals surface area contributed by atoms with Gasteiger partial charge in [0.15, 0.2) is 5.03 Å². The molecule has 0 aliphatic carbocycles.